The molecule has 1 N–H and O–H groups in total. The molecule has 0 spiro atoms. The van der Waals surface area contributed by atoms with E-state index in [4.69, 9.17) is 23.7 Å². The monoisotopic (exact) mass is 368 g/mol. The normalized spacial score (nSPS) is 10.5. The van der Waals surface area contributed by atoms with Crippen LogP contribution in [0.25, 0.3) is 11.5 Å². The summed E-state index contributed by atoms with van der Waals surface area (Å²) in [6.45, 7) is 7.00. The molecule has 0 saturated heterocycles. The topological polar surface area (TPSA) is 104 Å². The molecule has 0 fully saturated rings. The first kappa shape index (κ1) is 18.9. The van der Waals surface area contributed by atoms with Crippen LogP contribution in [0.2, 0.25) is 0 Å². The molecule has 1 heterocycles. The van der Waals surface area contributed by atoms with Gasteiger partial charge in [-0.2, -0.15) is 0 Å². The van der Waals surface area contributed by atoms with Crippen LogP contribution in [0.1, 0.15) is 20.8 Å². The van der Waals surface area contributed by atoms with Gasteiger partial charge in [-0.1, -0.05) is 11.8 Å². The summed E-state index contributed by atoms with van der Waals surface area (Å²) in [5, 5.41) is 16.7. The largest absolute Gasteiger partial charge is 0.490 e. The van der Waals surface area contributed by atoms with E-state index in [1.807, 2.05) is 20.8 Å². The standard InChI is InChI=1S/C16H20N2O6S/c1-4-21-11-7-10(8-12(22-5-2)14(11)23-6-3)15-17-18-16(24-15)25-9-13(19)20/h7-8H,4-6,9H2,1-3H3,(H,19,20). The van der Waals surface area contributed by atoms with E-state index in [1.54, 1.807) is 12.1 Å². The number of carbonyl (C=O) groups is 1. The number of nitrogens with zero attached hydrogens (tertiary/aromatic N) is 2. The van der Waals surface area contributed by atoms with E-state index in [2.05, 4.69) is 10.2 Å². The molecule has 0 atom stereocenters. The van der Waals surface area contributed by atoms with Gasteiger partial charge in [0.05, 0.1) is 19.8 Å². The first-order valence-electron chi connectivity index (χ1n) is 7.83. The number of aliphatic carboxylic acids is 1. The summed E-state index contributed by atoms with van der Waals surface area (Å²) in [4.78, 5) is 10.6. The third kappa shape index (κ3) is 5.02. The van der Waals surface area contributed by atoms with Gasteiger partial charge in [-0.05, 0) is 32.9 Å². The van der Waals surface area contributed by atoms with Crippen LogP contribution in [0.15, 0.2) is 21.8 Å². The maximum Gasteiger partial charge on any atom is 0.314 e. The summed E-state index contributed by atoms with van der Waals surface area (Å²) in [7, 11) is 0. The van der Waals surface area contributed by atoms with Gasteiger partial charge in [-0.25, -0.2) is 0 Å². The van der Waals surface area contributed by atoms with E-state index < -0.39 is 5.97 Å². The second kappa shape index (κ2) is 9.16. The summed E-state index contributed by atoms with van der Waals surface area (Å²) in [6.07, 6.45) is 0. The molecule has 2 rings (SSSR count). The van der Waals surface area contributed by atoms with Gasteiger partial charge in [-0.15, -0.1) is 10.2 Å². The second-order valence-corrected chi connectivity index (χ2v) is 5.58. The quantitative estimate of drug-likeness (QED) is 0.633. The number of thioether (sulfide) groups is 1. The molecule has 0 amide bonds. The second-order valence-electron chi connectivity index (χ2n) is 4.66. The smallest absolute Gasteiger partial charge is 0.314 e. The Hall–Kier alpha value is -2.42. The van der Waals surface area contributed by atoms with Crippen LogP contribution in [0.3, 0.4) is 0 Å². The fourth-order valence-electron chi connectivity index (χ4n) is 2.02. The molecule has 0 radical (unpaired) electrons. The third-order valence-electron chi connectivity index (χ3n) is 2.88. The number of carboxylic acids is 1. The van der Waals surface area contributed by atoms with Gasteiger partial charge in [0.25, 0.3) is 5.22 Å². The molecule has 0 aliphatic heterocycles. The first-order chi connectivity index (χ1) is 12.1. The lowest BCUT2D eigenvalue weighted by molar-refractivity contribution is -0.133. The molecule has 9 heteroatoms. The van der Waals surface area contributed by atoms with Crippen LogP contribution in [0.4, 0.5) is 0 Å². The molecule has 25 heavy (non-hydrogen) atoms. The van der Waals surface area contributed by atoms with Gasteiger partial charge < -0.3 is 23.7 Å². The van der Waals surface area contributed by atoms with Crippen LogP contribution >= 0.6 is 11.8 Å². The minimum atomic E-state index is -0.955. The SMILES string of the molecule is CCOc1cc(-c2nnc(SCC(=O)O)o2)cc(OCC)c1OCC. The Morgan fingerprint density at radius 2 is 1.68 bits per heavy atom. The highest BCUT2D eigenvalue weighted by Gasteiger charge is 2.19. The lowest BCUT2D eigenvalue weighted by atomic mass is 10.2. The Morgan fingerprint density at radius 3 is 2.20 bits per heavy atom. The van der Waals surface area contributed by atoms with Crippen molar-refractivity contribution in [3.63, 3.8) is 0 Å². The average molecular weight is 368 g/mol. The maximum absolute atomic E-state index is 10.6. The summed E-state index contributed by atoms with van der Waals surface area (Å²) < 4.78 is 22.5. The Bertz CT molecular complexity index is 691. The summed E-state index contributed by atoms with van der Waals surface area (Å²) in [6, 6.07) is 3.46. The fourth-order valence-corrected chi connectivity index (χ4v) is 2.50. The lowest BCUT2D eigenvalue weighted by Crippen LogP contribution is -2.03. The van der Waals surface area contributed by atoms with Crippen molar-refractivity contribution < 1.29 is 28.5 Å². The Balaban J connectivity index is 2.38. The molecule has 1 aromatic heterocycles. The zero-order valence-electron chi connectivity index (χ0n) is 14.3. The molecule has 1 aromatic carbocycles. The minimum Gasteiger partial charge on any atom is -0.490 e. The van der Waals surface area contributed by atoms with Crippen LogP contribution in [0, 0.1) is 0 Å². The molecule has 136 valence electrons. The van der Waals surface area contributed by atoms with Crippen molar-refractivity contribution >= 4 is 17.7 Å². The van der Waals surface area contributed by atoms with Gasteiger partial charge >= 0.3 is 5.97 Å². The molecule has 2 aromatic rings. The predicted octanol–water partition coefficient (Wildman–Crippen LogP) is 3.11. The highest BCUT2D eigenvalue weighted by molar-refractivity contribution is 7.99. The fraction of sp³-hybridized carbons (Fsp3) is 0.438. The van der Waals surface area contributed by atoms with Crippen LogP contribution in [-0.4, -0.2) is 46.8 Å². The Labute approximate surface area is 149 Å². The van der Waals surface area contributed by atoms with E-state index >= 15 is 0 Å². The lowest BCUT2D eigenvalue weighted by Gasteiger charge is -2.16. The van der Waals surface area contributed by atoms with Crippen LogP contribution in [-0.2, 0) is 4.79 Å². The molecule has 0 aliphatic carbocycles. The van der Waals surface area contributed by atoms with Crippen LogP contribution < -0.4 is 14.2 Å². The molecule has 0 unspecified atom stereocenters. The van der Waals surface area contributed by atoms with E-state index in [-0.39, 0.29) is 16.9 Å². The van der Waals surface area contributed by atoms with Crippen molar-refractivity contribution in [2.45, 2.75) is 26.0 Å². The van der Waals surface area contributed by atoms with Gasteiger partial charge in [0, 0.05) is 5.56 Å². The number of benzene rings is 1. The highest BCUT2D eigenvalue weighted by atomic mass is 32.2. The van der Waals surface area contributed by atoms with Gasteiger partial charge in [0.2, 0.25) is 11.6 Å². The average Bonchev–Trinajstić information content (AvgIpc) is 3.05. The van der Waals surface area contributed by atoms with Crippen molar-refractivity contribution in [1.82, 2.24) is 10.2 Å². The van der Waals surface area contributed by atoms with Crippen molar-refractivity contribution in [2.24, 2.45) is 0 Å². The van der Waals surface area contributed by atoms with Crippen molar-refractivity contribution in [3.05, 3.63) is 12.1 Å². The van der Waals surface area contributed by atoms with Crippen molar-refractivity contribution in [1.29, 1.82) is 0 Å². The molecule has 0 saturated carbocycles. The zero-order valence-corrected chi connectivity index (χ0v) is 15.1. The number of hydrogen-bond donors (Lipinski definition) is 1. The van der Waals surface area contributed by atoms with Gasteiger partial charge in [-0.3, -0.25) is 4.79 Å². The summed E-state index contributed by atoms with van der Waals surface area (Å²) in [5.41, 5.74) is 0.602. The molecule has 8 nitrogen and oxygen atoms in total. The Kier molecular flexibility index (Phi) is 6.93. The van der Waals surface area contributed by atoms with Gasteiger partial charge in [0.1, 0.15) is 5.75 Å². The van der Waals surface area contributed by atoms with Crippen molar-refractivity contribution in [3.8, 4) is 28.7 Å². The molecular formula is C16H20N2O6S. The number of hydrogen-bond acceptors (Lipinski definition) is 8. The molecule has 0 bridgehead atoms. The van der Waals surface area contributed by atoms with E-state index in [0.29, 0.717) is 42.6 Å². The number of carboxylic acid groups (broad SMARTS) is 1. The van der Waals surface area contributed by atoms with E-state index in [9.17, 15) is 4.79 Å². The summed E-state index contributed by atoms with van der Waals surface area (Å²) >= 11 is 0.957. The minimum absolute atomic E-state index is 0.153. The first-order valence-corrected chi connectivity index (χ1v) is 8.82. The van der Waals surface area contributed by atoms with E-state index in [0.717, 1.165) is 11.8 Å². The number of rotatable bonds is 10. The number of aromatic nitrogens is 2. The van der Waals surface area contributed by atoms with Gasteiger partial charge in [0.15, 0.2) is 11.5 Å². The molecule has 0 aliphatic rings. The zero-order chi connectivity index (χ0) is 18.2. The summed E-state index contributed by atoms with van der Waals surface area (Å²) in [5.74, 6) is 0.696. The maximum atomic E-state index is 10.6. The van der Waals surface area contributed by atoms with Crippen LogP contribution in [0.5, 0.6) is 17.2 Å². The number of ether oxygens (including phenoxy) is 3. The Morgan fingerprint density at radius 1 is 1.08 bits per heavy atom. The van der Waals surface area contributed by atoms with E-state index in [1.165, 1.54) is 0 Å². The van der Waals surface area contributed by atoms with Crippen molar-refractivity contribution in [2.75, 3.05) is 25.6 Å². The predicted molar refractivity (Wildman–Crippen MR) is 91.6 cm³/mol. The molecular weight excluding hydrogens is 348 g/mol. The third-order valence-corrected chi connectivity index (χ3v) is 3.68. The highest BCUT2D eigenvalue weighted by Crippen LogP contribution is 2.41.